The van der Waals surface area contributed by atoms with E-state index in [1.807, 2.05) is 50.2 Å². The van der Waals surface area contributed by atoms with Crippen LogP contribution in [0.5, 0.6) is 17.2 Å². The Morgan fingerprint density at radius 1 is 0.903 bits per heavy atom. The number of carbonyl (C=O) groups excluding carboxylic acids is 6. The van der Waals surface area contributed by atoms with Crippen LogP contribution in [0.25, 0.3) is 21.6 Å². The molecule has 502 valence electrons. The number of likely N-dealkylation sites (tertiary alicyclic amines) is 1. The summed E-state index contributed by atoms with van der Waals surface area (Å²) in [6.45, 7) is 10.8. The highest BCUT2D eigenvalue weighted by Crippen LogP contribution is 2.57. The van der Waals surface area contributed by atoms with Gasteiger partial charge in [0.15, 0.2) is 29.4 Å². The molecule has 20 nitrogen and oxygen atoms in total. The van der Waals surface area contributed by atoms with Crippen molar-refractivity contribution in [2.45, 2.75) is 140 Å². The molecule has 2 aliphatic carbocycles. The number of aliphatic hydroxyl groups is 1. The van der Waals surface area contributed by atoms with Crippen molar-refractivity contribution in [2.75, 3.05) is 73.0 Å². The van der Waals surface area contributed by atoms with Crippen LogP contribution in [0, 0.1) is 29.9 Å². The zero-order valence-corrected chi connectivity index (χ0v) is 54.8. The molecule has 1 aromatic heterocycles. The molecular formula is C68H83ClF3N7O13S. The number of halogens is 4. The van der Waals surface area contributed by atoms with Gasteiger partial charge in [-0.1, -0.05) is 81.8 Å². The normalized spacial score (nSPS) is 20.9. The standard InChI is InChI=1S/C68H83ClF3N7O13S/c1-39-55-53(33-48(70)58(69)57(55)56-47(62(73)83)20-21-51(87-6)59(56)71)92-68(39,44-11-8-7-9-12-44)37-76-45-18-16-41(17-19-45)50(81)13-10-25-88-27-29-90-30-28-89-26-24-74-54(82)36-91-52-31-42(60-40(2)77-38-93-60)14-15-43(52)34-75-63(84)49-32-46(80)35-79(49)64(85)61(66(3,4)5)78-65(86)67(72)22-23-67/h7-9,11-12,14-15,20-21,31,33,38-39,41,45-46,49,61,76,80H,10,13,16-19,22-30,32,34-37H2,1-6H3,(H2,73,83)(H,74,82)(H,75,84)(H,78,86)/t39-,41?,45?,46+,49-,61+,68-/m0/s1. The lowest BCUT2D eigenvalue weighted by Gasteiger charge is -2.37. The van der Waals surface area contributed by atoms with E-state index < -0.39 is 82.0 Å². The third kappa shape index (κ3) is 16.7. The van der Waals surface area contributed by atoms with Gasteiger partial charge >= 0.3 is 0 Å². The summed E-state index contributed by atoms with van der Waals surface area (Å²) >= 11 is 8.12. The Morgan fingerprint density at radius 3 is 2.26 bits per heavy atom. The van der Waals surface area contributed by atoms with E-state index in [9.17, 15) is 38.3 Å². The molecule has 25 heteroatoms. The van der Waals surface area contributed by atoms with Gasteiger partial charge in [0, 0.05) is 91.8 Å². The average Bonchev–Trinajstić information content (AvgIpc) is 1.60. The van der Waals surface area contributed by atoms with Crippen LogP contribution in [0.1, 0.15) is 124 Å². The summed E-state index contributed by atoms with van der Waals surface area (Å²) in [6.07, 6.45) is 2.95. The first-order valence-corrected chi connectivity index (χ1v) is 32.8. The van der Waals surface area contributed by atoms with E-state index in [0.29, 0.717) is 69.0 Å². The van der Waals surface area contributed by atoms with Gasteiger partial charge in [0.25, 0.3) is 11.8 Å². The maximum Gasteiger partial charge on any atom is 0.258 e. The molecule has 4 aliphatic rings. The molecule has 5 atom stereocenters. The Hall–Kier alpha value is -7.19. The number of carbonyl (C=O) groups is 6. The molecule has 93 heavy (non-hydrogen) atoms. The van der Waals surface area contributed by atoms with E-state index in [1.165, 1.54) is 41.5 Å². The molecule has 0 unspecified atom stereocenters. The number of alkyl halides is 1. The number of methoxy groups -OCH3 is 1. The van der Waals surface area contributed by atoms with Crippen LogP contribution in [0.3, 0.4) is 0 Å². The van der Waals surface area contributed by atoms with Crippen molar-refractivity contribution in [3.8, 4) is 38.8 Å². The van der Waals surface area contributed by atoms with Gasteiger partial charge in [-0.3, -0.25) is 28.8 Å². The monoisotopic (exact) mass is 1330 g/mol. The number of hydrogen-bond acceptors (Lipinski definition) is 16. The minimum Gasteiger partial charge on any atom is -0.494 e. The number of ether oxygens (including phenoxy) is 6. The first kappa shape index (κ1) is 70.1. The number of nitrogens with two attached hydrogens (primary N) is 1. The summed E-state index contributed by atoms with van der Waals surface area (Å²) in [5.41, 5.74) is 6.36. The molecular weight excluding hydrogens is 1250 g/mol. The second-order valence-corrected chi connectivity index (χ2v) is 26.6. The third-order valence-electron chi connectivity index (χ3n) is 17.8. The molecule has 7 N–H and O–H groups in total. The highest BCUT2D eigenvalue weighted by atomic mass is 35.5. The second-order valence-electron chi connectivity index (χ2n) is 25.3. The van der Waals surface area contributed by atoms with Gasteiger partial charge < -0.3 is 65.4 Å². The Labute approximate surface area is 548 Å². The summed E-state index contributed by atoms with van der Waals surface area (Å²) in [4.78, 5) is 86.0. The molecule has 0 radical (unpaired) electrons. The van der Waals surface area contributed by atoms with Crippen molar-refractivity contribution < 1.29 is 75.5 Å². The number of aromatic nitrogens is 1. The van der Waals surface area contributed by atoms with E-state index in [0.717, 1.165) is 34.5 Å². The summed E-state index contributed by atoms with van der Waals surface area (Å²) in [6, 6.07) is 16.5. The van der Waals surface area contributed by atoms with Gasteiger partial charge in [-0.2, -0.15) is 0 Å². The lowest BCUT2D eigenvalue weighted by atomic mass is 9.76. The van der Waals surface area contributed by atoms with Crippen LogP contribution in [0.15, 0.2) is 72.2 Å². The smallest absolute Gasteiger partial charge is 0.258 e. The van der Waals surface area contributed by atoms with Crippen molar-refractivity contribution >= 4 is 58.3 Å². The number of rotatable bonds is 31. The molecule has 3 fully saturated rings. The fourth-order valence-electron chi connectivity index (χ4n) is 12.4. The molecule has 5 amide bonds. The lowest BCUT2D eigenvalue weighted by molar-refractivity contribution is -0.145. The fourth-order valence-corrected chi connectivity index (χ4v) is 13.5. The Morgan fingerprint density at radius 2 is 1.60 bits per heavy atom. The number of Topliss-reactive ketones (excluding diaryl/α,β-unsaturated/α-hetero) is 1. The molecule has 0 bridgehead atoms. The number of ketones is 1. The highest BCUT2D eigenvalue weighted by molar-refractivity contribution is 7.13. The van der Waals surface area contributed by atoms with Crippen molar-refractivity contribution in [1.29, 1.82) is 0 Å². The fraction of sp³-hybridized carbons (Fsp3) is 0.515. The Balaban J connectivity index is 0.654. The number of primary amides is 1. The Kier molecular flexibility index (Phi) is 23.3. The molecule has 0 spiro atoms. The minimum absolute atomic E-state index is 0.0317. The number of nitrogens with zero attached hydrogens (tertiary/aromatic N) is 2. The van der Waals surface area contributed by atoms with E-state index in [4.69, 9.17) is 45.8 Å². The molecule has 2 aliphatic heterocycles. The molecule has 9 rings (SSSR count). The van der Waals surface area contributed by atoms with Crippen LogP contribution in [-0.4, -0.2) is 153 Å². The number of aryl methyl sites for hydroxylation is 1. The van der Waals surface area contributed by atoms with Gasteiger partial charge in [-0.25, -0.2) is 18.2 Å². The molecule has 2 saturated carbocycles. The van der Waals surface area contributed by atoms with Gasteiger partial charge in [0.05, 0.1) is 72.9 Å². The maximum absolute atomic E-state index is 16.2. The third-order valence-corrected chi connectivity index (χ3v) is 19.2. The summed E-state index contributed by atoms with van der Waals surface area (Å²) in [5, 5.41) is 22.2. The van der Waals surface area contributed by atoms with Gasteiger partial charge in [-0.15, -0.1) is 11.3 Å². The number of benzene rings is 4. The quantitative estimate of drug-likeness (QED) is 0.0227. The average molecular weight is 1330 g/mol. The molecule has 5 aromatic rings. The van der Waals surface area contributed by atoms with Crippen LogP contribution in [-0.2, 0) is 50.3 Å². The van der Waals surface area contributed by atoms with Crippen molar-refractivity contribution in [3.63, 3.8) is 0 Å². The van der Waals surface area contributed by atoms with E-state index in [-0.39, 0.29) is 116 Å². The van der Waals surface area contributed by atoms with Gasteiger partial charge in [0.1, 0.15) is 35.2 Å². The summed E-state index contributed by atoms with van der Waals surface area (Å²) in [5.74, 6) is -5.23. The number of nitrogens with one attached hydrogen (secondary N) is 4. The maximum atomic E-state index is 16.2. The van der Waals surface area contributed by atoms with E-state index in [2.05, 4.69) is 26.3 Å². The predicted octanol–water partition coefficient (Wildman–Crippen LogP) is 8.57. The van der Waals surface area contributed by atoms with Crippen LogP contribution >= 0.6 is 22.9 Å². The molecule has 3 heterocycles. The van der Waals surface area contributed by atoms with Crippen molar-refractivity contribution in [1.82, 2.24) is 31.2 Å². The zero-order valence-electron chi connectivity index (χ0n) is 53.3. The van der Waals surface area contributed by atoms with Crippen molar-refractivity contribution in [3.05, 3.63) is 117 Å². The summed E-state index contributed by atoms with van der Waals surface area (Å²) in [7, 11) is 1.28. The molecule has 1 saturated heterocycles. The van der Waals surface area contributed by atoms with Crippen LogP contribution < -0.4 is 41.2 Å². The van der Waals surface area contributed by atoms with E-state index in [1.54, 1.807) is 38.4 Å². The van der Waals surface area contributed by atoms with Crippen molar-refractivity contribution in [2.24, 2.45) is 17.1 Å². The number of β-amino-alcohol motifs (C(OH)–C–C–N with tert-alkyl or cyclic N) is 1. The number of hydrogen-bond donors (Lipinski definition) is 6. The zero-order chi connectivity index (χ0) is 66.8. The van der Waals surface area contributed by atoms with E-state index >= 15 is 8.78 Å². The topological polar surface area (TPSA) is 268 Å². The SMILES string of the molecule is COc1ccc(C(N)=O)c(-c2c(Cl)c(F)cc3c2[C@H](C)[C@@](CNC2CCC(C(=O)CCCOCCOCCOCCNC(=O)COc4cc(-c5scnc5C)ccc4CNC(=O)[C@@H]4C[C@@H](O)CN4C(=O)[C@@H](NC(=O)C4(F)CC4)C(C)(C)C)CC2)(c2ccccc2)O3)c1F. The number of fused-ring (bicyclic) bond motifs is 1. The number of thiazole rings is 1. The predicted molar refractivity (Wildman–Crippen MR) is 343 cm³/mol. The second kappa shape index (κ2) is 30.9. The summed E-state index contributed by atoms with van der Waals surface area (Å²) < 4.78 is 81.8. The molecule has 4 aromatic carbocycles. The lowest BCUT2D eigenvalue weighted by Crippen LogP contribution is -2.59. The van der Waals surface area contributed by atoms with Gasteiger partial charge in [-0.05, 0) is 86.6 Å². The minimum atomic E-state index is -2.01. The van der Waals surface area contributed by atoms with Gasteiger partial charge in [0.2, 0.25) is 17.7 Å². The van der Waals surface area contributed by atoms with Crippen LogP contribution in [0.4, 0.5) is 13.2 Å². The first-order valence-electron chi connectivity index (χ1n) is 31.6. The largest absolute Gasteiger partial charge is 0.494 e. The number of aliphatic hydroxyl groups excluding tert-OH is 1. The van der Waals surface area contributed by atoms with Crippen LogP contribution in [0.2, 0.25) is 5.02 Å². The number of amides is 5. The first-order chi connectivity index (χ1) is 44.4. The highest BCUT2D eigenvalue weighted by Gasteiger charge is 2.54. The Bertz CT molecular complexity index is 3510.